The van der Waals surface area contributed by atoms with Crippen LogP contribution in [0.3, 0.4) is 0 Å². The zero-order valence-corrected chi connectivity index (χ0v) is 8.70. The minimum absolute atomic E-state index is 0.0952. The summed E-state index contributed by atoms with van der Waals surface area (Å²) in [5, 5.41) is 2.88. The first-order valence-corrected chi connectivity index (χ1v) is 4.81. The van der Waals surface area contributed by atoms with Gasteiger partial charge in [-0.05, 0) is 18.2 Å². The summed E-state index contributed by atoms with van der Waals surface area (Å²) in [6, 6.07) is 4.17. The van der Waals surface area contributed by atoms with Gasteiger partial charge < -0.3 is 5.32 Å². The molecular formula is C9H8Cl2FNO. The molecule has 76 valence electrons. The molecule has 0 aliphatic rings. The molecule has 2 nitrogen and oxygen atoms in total. The molecule has 1 aromatic carbocycles. The monoisotopic (exact) mass is 235 g/mol. The molecule has 0 bridgehead atoms. The summed E-state index contributed by atoms with van der Waals surface area (Å²) in [4.78, 5) is 10.8. The van der Waals surface area contributed by atoms with Gasteiger partial charge in [0.15, 0.2) is 0 Å². The van der Waals surface area contributed by atoms with Crippen molar-refractivity contribution in [1.29, 1.82) is 0 Å². The number of halogens is 3. The lowest BCUT2D eigenvalue weighted by Gasteiger charge is -2.04. The van der Waals surface area contributed by atoms with Gasteiger partial charge in [0, 0.05) is 17.1 Å². The van der Waals surface area contributed by atoms with E-state index in [-0.39, 0.29) is 18.3 Å². The quantitative estimate of drug-likeness (QED) is 0.801. The Morgan fingerprint density at radius 3 is 2.86 bits per heavy atom. The predicted molar refractivity (Wildman–Crippen MR) is 54.0 cm³/mol. The van der Waals surface area contributed by atoms with Crippen LogP contribution in [0.25, 0.3) is 0 Å². The Bertz CT molecular complexity index is 344. The van der Waals surface area contributed by atoms with Crippen molar-refractivity contribution in [3.8, 4) is 0 Å². The minimum Gasteiger partial charge on any atom is -0.351 e. The third-order valence-electron chi connectivity index (χ3n) is 1.61. The average molecular weight is 236 g/mol. The number of hydrogen-bond acceptors (Lipinski definition) is 1. The van der Waals surface area contributed by atoms with Crippen molar-refractivity contribution in [1.82, 2.24) is 5.32 Å². The van der Waals surface area contributed by atoms with Gasteiger partial charge in [-0.15, -0.1) is 11.6 Å². The topological polar surface area (TPSA) is 29.1 Å². The lowest BCUT2D eigenvalue weighted by atomic mass is 10.2. The first-order chi connectivity index (χ1) is 6.63. The van der Waals surface area contributed by atoms with Crippen LogP contribution in [-0.4, -0.2) is 11.8 Å². The van der Waals surface area contributed by atoms with Gasteiger partial charge in [-0.3, -0.25) is 4.79 Å². The standard InChI is InChI=1S/C9H8Cl2FNO/c10-4-9(14)13-5-6-3-7(11)1-2-8(6)12/h1-3H,4-5H2,(H,13,14). The maximum atomic E-state index is 13.1. The first kappa shape index (κ1) is 11.3. The van der Waals surface area contributed by atoms with Gasteiger partial charge in [0.2, 0.25) is 5.91 Å². The fraction of sp³-hybridized carbons (Fsp3) is 0.222. The zero-order chi connectivity index (χ0) is 10.6. The van der Waals surface area contributed by atoms with Crippen LogP contribution in [0.1, 0.15) is 5.56 Å². The maximum Gasteiger partial charge on any atom is 0.235 e. The van der Waals surface area contributed by atoms with Crippen molar-refractivity contribution >= 4 is 29.1 Å². The van der Waals surface area contributed by atoms with E-state index in [1.54, 1.807) is 0 Å². The first-order valence-electron chi connectivity index (χ1n) is 3.90. The Morgan fingerprint density at radius 1 is 1.50 bits per heavy atom. The fourth-order valence-electron chi connectivity index (χ4n) is 0.920. The number of hydrogen-bond donors (Lipinski definition) is 1. The number of alkyl halides is 1. The molecule has 0 aliphatic carbocycles. The van der Waals surface area contributed by atoms with Crippen LogP contribution in [0.2, 0.25) is 5.02 Å². The number of carbonyl (C=O) groups is 1. The van der Waals surface area contributed by atoms with Crippen molar-refractivity contribution in [2.45, 2.75) is 6.54 Å². The molecule has 0 saturated carbocycles. The lowest BCUT2D eigenvalue weighted by Crippen LogP contribution is -2.24. The third kappa shape index (κ3) is 3.16. The number of nitrogens with one attached hydrogen (secondary N) is 1. The van der Waals surface area contributed by atoms with E-state index in [2.05, 4.69) is 5.32 Å². The summed E-state index contributed by atoms with van der Waals surface area (Å²) < 4.78 is 13.1. The summed E-state index contributed by atoms with van der Waals surface area (Å²) in [5.41, 5.74) is 0.343. The molecule has 0 saturated heterocycles. The molecule has 0 aromatic heterocycles. The van der Waals surface area contributed by atoms with Crippen molar-refractivity contribution in [3.05, 3.63) is 34.6 Å². The molecule has 14 heavy (non-hydrogen) atoms. The van der Waals surface area contributed by atoms with Crippen LogP contribution in [0.5, 0.6) is 0 Å². The summed E-state index contributed by atoms with van der Waals surface area (Å²) in [6.45, 7) is 0.0952. The Balaban J connectivity index is 2.66. The molecule has 0 fully saturated rings. The summed E-state index contributed by atoms with van der Waals surface area (Å²) in [7, 11) is 0. The highest BCUT2D eigenvalue weighted by Gasteiger charge is 2.04. The summed E-state index contributed by atoms with van der Waals surface area (Å²) in [6.07, 6.45) is 0. The normalized spacial score (nSPS) is 9.93. The van der Waals surface area contributed by atoms with Gasteiger partial charge in [-0.2, -0.15) is 0 Å². The van der Waals surface area contributed by atoms with Crippen molar-refractivity contribution < 1.29 is 9.18 Å². The molecule has 0 atom stereocenters. The Labute approximate surface area is 91.0 Å². The Kier molecular flexibility index (Phi) is 4.17. The van der Waals surface area contributed by atoms with Crippen LogP contribution in [0, 0.1) is 5.82 Å². The number of carbonyl (C=O) groups excluding carboxylic acids is 1. The van der Waals surface area contributed by atoms with Gasteiger partial charge in [0.05, 0.1) is 0 Å². The van der Waals surface area contributed by atoms with Crippen molar-refractivity contribution in [2.24, 2.45) is 0 Å². The molecular weight excluding hydrogens is 228 g/mol. The molecule has 0 heterocycles. The molecule has 0 aliphatic heterocycles. The minimum atomic E-state index is -0.399. The highest BCUT2D eigenvalue weighted by Crippen LogP contribution is 2.14. The summed E-state index contributed by atoms with van der Waals surface area (Å²) >= 11 is 10.9. The van der Waals surface area contributed by atoms with Gasteiger partial charge in [0.25, 0.3) is 0 Å². The largest absolute Gasteiger partial charge is 0.351 e. The predicted octanol–water partition coefficient (Wildman–Crippen LogP) is 2.33. The van der Waals surface area contributed by atoms with Crippen molar-refractivity contribution in [3.63, 3.8) is 0 Å². The number of rotatable bonds is 3. The highest BCUT2D eigenvalue weighted by molar-refractivity contribution is 6.30. The smallest absolute Gasteiger partial charge is 0.235 e. The second-order valence-corrected chi connectivity index (χ2v) is 3.35. The van der Waals surface area contributed by atoms with Crippen LogP contribution < -0.4 is 5.32 Å². The van der Waals surface area contributed by atoms with E-state index in [0.29, 0.717) is 10.6 Å². The molecule has 0 unspecified atom stereocenters. The van der Waals surface area contributed by atoms with Gasteiger partial charge in [-0.1, -0.05) is 11.6 Å². The van der Waals surface area contributed by atoms with E-state index in [1.165, 1.54) is 18.2 Å². The van der Waals surface area contributed by atoms with Gasteiger partial charge >= 0.3 is 0 Å². The van der Waals surface area contributed by atoms with E-state index >= 15 is 0 Å². The van der Waals surface area contributed by atoms with E-state index < -0.39 is 5.82 Å². The van der Waals surface area contributed by atoms with E-state index in [1.807, 2.05) is 0 Å². The maximum absolute atomic E-state index is 13.1. The van der Waals surface area contributed by atoms with Gasteiger partial charge in [0.1, 0.15) is 11.7 Å². The molecule has 1 rings (SSSR count). The van der Waals surface area contributed by atoms with Gasteiger partial charge in [-0.25, -0.2) is 4.39 Å². The average Bonchev–Trinajstić information content (AvgIpc) is 2.19. The van der Waals surface area contributed by atoms with Crippen molar-refractivity contribution in [2.75, 3.05) is 5.88 Å². The fourth-order valence-corrected chi connectivity index (χ4v) is 1.21. The lowest BCUT2D eigenvalue weighted by molar-refractivity contribution is -0.118. The van der Waals surface area contributed by atoms with Crippen LogP contribution >= 0.6 is 23.2 Å². The summed E-state index contributed by atoms with van der Waals surface area (Å²) in [5.74, 6) is -0.877. The second-order valence-electron chi connectivity index (χ2n) is 2.65. The molecule has 0 spiro atoms. The molecule has 1 aromatic rings. The second kappa shape index (κ2) is 5.17. The number of benzene rings is 1. The van der Waals surface area contributed by atoms with Crippen LogP contribution in [0.4, 0.5) is 4.39 Å². The van der Waals surface area contributed by atoms with Crippen LogP contribution in [0.15, 0.2) is 18.2 Å². The van der Waals surface area contributed by atoms with E-state index in [0.717, 1.165) is 0 Å². The van der Waals surface area contributed by atoms with Crippen LogP contribution in [-0.2, 0) is 11.3 Å². The third-order valence-corrected chi connectivity index (χ3v) is 2.08. The highest BCUT2D eigenvalue weighted by atomic mass is 35.5. The molecule has 0 radical (unpaired) electrons. The molecule has 5 heteroatoms. The van der Waals surface area contributed by atoms with E-state index in [9.17, 15) is 9.18 Å². The Hall–Kier alpha value is -0.800. The number of amides is 1. The SMILES string of the molecule is O=C(CCl)NCc1cc(Cl)ccc1F. The van der Waals surface area contributed by atoms with E-state index in [4.69, 9.17) is 23.2 Å². The molecule has 1 amide bonds. The Morgan fingerprint density at radius 2 is 2.21 bits per heavy atom. The molecule has 1 N–H and O–H groups in total. The zero-order valence-electron chi connectivity index (χ0n) is 7.19.